The van der Waals surface area contributed by atoms with Gasteiger partial charge in [-0.1, -0.05) is 35.9 Å². The summed E-state index contributed by atoms with van der Waals surface area (Å²) in [5, 5.41) is 16.1. The normalized spacial score (nSPS) is 11.6. The minimum absolute atomic E-state index is 0.111. The molecule has 2 amide bonds. The van der Waals surface area contributed by atoms with E-state index in [1.165, 1.54) is 0 Å². The molecule has 0 heterocycles. The minimum Gasteiger partial charge on any atom is -0.497 e. The molecule has 1 atom stereocenters. The predicted molar refractivity (Wildman–Crippen MR) is 89.6 cm³/mol. The van der Waals surface area contributed by atoms with Gasteiger partial charge in [0.1, 0.15) is 5.75 Å². The van der Waals surface area contributed by atoms with E-state index in [1.807, 2.05) is 12.1 Å². The standard InChI is InChI=1S/C17H19ClN2O3/c1-23-15-4-2-3-13(9-15)16(21)11-20-17(22)19-10-12-5-7-14(18)8-6-12/h2-9,16,21H,10-11H2,1H3,(H2,19,20,22). The van der Waals surface area contributed by atoms with Crippen molar-refractivity contribution < 1.29 is 14.6 Å². The van der Waals surface area contributed by atoms with Crippen molar-refractivity contribution in [2.75, 3.05) is 13.7 Å². The molecule has 0 fully saturated rings. The zero-order chi connectivity index (χ0) is 16.7. The van der Waals surface area contributed by atoms with Gasteiger partial charge < -0.3 is 20.5 Å². The monoisotopic (exact) mass is 334 g/mol. The SMILES string of the molecule is COc1cccc(C(O)CNC(=O)NCc2ccc(Cl)cc2)c1. The van der Waals surface area contributed by atoms with Crippen LogP contribution in [0.15, 0.2) is 48.5 Å². The van der Waals surface area contributed by atoms with Crippen molar-refractivity contribution in [3.05, 3.63) is 64.7 Å². The molecule has 0 aromatic heterocycles. The van der Waals surface area contributed by atoms with Gasteiger partial charge in [0.2, 0.25) is 0 Å². The van der Waals surface area contributed by atoms with E-state index in [2.05, 4.69) is 10.6 Å². The third-order valence-electron chi connectivity index (χ3n) is 3.30. The Bertz CT molecular complexity index is 647. The largest absolute Gasteiger partial charge is 0.497 e. The summed E-state index contributed by atoms with van der Waals surface area (Å²) >= 11 is 5.80. The molecule has 1 unspecified atom stereocenters. The molecule has 0 aliphatic heterocycles. The van der Waals surface area contributed by atoms with Crippen LogP contribution in [0, 0.1) is 0 Å². The third-order valence-corrected chi connectivity index (χ3v) is 3.55. The number of carbonyl (C=O) groups excluding carboxylic acids is 1. The van der Waals surface area contributed by atoms with Crippen molar-refractivity contribution >= 4 is 17.6 Å². The molecule has 2 aromatic rings. The summed E-state index contributed by atoms with van der Waals surface area (Å²) in [6, 6.07) is 14.0. The number of aliphatic hydroxyl groups excluding tert-OH is 1. The van der Waals surface area contributed by atoms with Gasteiger partial charge in [-0.25, -0.2) is 4.79 Å². The Hall–Kier alpha value is -2.24. The fourth-order valence-electron chi connectivity index (χ4n) is 2.00. The van der Waals surface area contributed by atoms with Gasteiger partial charge in [-0.2, -0.15) is 0 Å². The molecule has 0 aliphatic rings. The average Bonchev–Trinajstić information content (AvgIpc) is 2.59. The van der Waals surface area contributed by atoms with Crippen LogP contribution in [-0.4, -0.2) is 24.8 Å². The first kappa shape index (κ1) is 17.1. The number of aliphatic hydroxyl groups is 1. The van der Waals surface area contributed by atoms with Crippen molar-refractivity contribution in [2.24, 2.45) is 0 Å². The Morgan fingerprint density at radius 2 is 1.96 bits per heavy atom. The number of carbonyl (C=O) groups is 1. The van der Waals surface area contributed by atoms with E-state index in [0.717, 1.165) is 5.56 Å². The van der Waals surface area contributed by atoms with Crippen LogP contribution in [0.5, 0.6) is 5.75 Å². The number of nitrogens with one attached hydrogen (secondary N) is 2. The number of hydrogen-bond donors (Lipinski definition) is 3. The van der Waals surface area contributed by atoms with E-state index in [-0.39, 0.29) is 12.6 Å². The van der Waals surface area contributed by atoms with Crippen molar-refractivity contribution in [3.63, 3.8) is 0 Å². The highest BCUT2D eigenvalue weighted by Gasteiger charge is 2.10. The third kappa shape index (κ3) is 5.47. The van der Waals surface area contributed by atoms with E-state index in [0.29, 0.717) is 22.9 Å². The van der Waals surface area contributed by atoms with E-state index < -0.39 is 6.10 Å². The van der Waals surface area contributed by atoms with E-state index in [9.17, 15) is 9.90 Å². The second kappa shape index (κ2) is 8.41. The molecule has 5 nitrogen and oxygen atoms in total. The van der Waals surface area contributed by atoms with Crippen LogP contribution in [0.2, 0.25) is 5.02 Å². The summed E-state index contributed by atoms with van der Waals surface area (Å²) in [6.07, 6.45) is -0.800. The van der Waals surface area contributed by atoms with Gasteiger partial charge in [-0.3, -0.25) is 0 Å². The number of hydrogen-bond acceptors (Lipinski definition) is 3. The molecule has 0 saturated heterocycles. The molecule has 0 aliphatic carbocycles. The van der Waals surface area contributed by atoms with Gasteiger partial charge in [0.05, 0.1) is 13.2 Å². The van der Waals surface area contributed by atoms with Gasteiger partial charge in [0, 0.05) is 18.1 Å². The summed E-state index contributed by atoms with van der Waals surface area (Å²) in [5.74, 6) is 0.661. The van der Waals surface area contributed by atoms with Crippen LogP contribution in [0.25, 0.3) is 0 Å². The Balaban J connectivity index is 1.78. The highest BCUT2D eigenvalue weighted by Crippen LogP contribution is 2.18. The lowest BCUT2D eigenvalue weighted by molar-refractivity contribution is 0.172. The lowest BCUT2D eigenvalue weighted by Crippen LogP contribution is -2.37. The molecule has 0 radical (unpaired) electrons. The molecule has 0 bridgehead atoms. The Morgan fingerprint density at radius 1 is 1.22 bits per heavy atom. The first-order chi connectivity index (χ1) is 11.1. The Morgan fingerprint density at radius 3 is 2.65 bits per heavy atom. The van der Waals surface area contributed by atoms with Crippen LogP contribution in [0.4, 0.5) is 4.79 Å². The summed E-state index contributed by atoms with van der Waals surface area (Å²) < 4.78 is 5.11. The van der Waals surface area contributed by atoms with Gasteiger partial charge in [0.25, 0.3) is 0 Å². The van der Waals surface area contributed by atoms with Gasteiger partial charge in [-0.15, -0.1) is 0 Å². The minimum atomic E-state index is -0.800. The van der Waals surface area contributed by atoms with E-state index in [1.54, 1.807) is 43.5 Å². The molecule has 6 heteroatoms. The van der Waals surface area contributed by atoms with Crippen molar-refractivity contribution in [3.8, 4) is 5.75 Å². The first-order valence-electron chi connectivity index (χ1n) is 7.16. The molecule has 2 aromatic carbocycles. The fourth-order valence-corrected chi connectivity index (χ4v) is 2.13. The molecule has 0 saturated carbocycles. The Kier molecular flexibility index (Phi) is 6.26. The van der Waals surface area contributed by atoms with Gasteiger partial charge in [0.15, 0.2) is 0 Å². The van der Waals surface area contributed by atoms with Crippen molar-refractivity contribution in [1.29, 1.82) is 0 Å². The van der Waals surface area contributed by atoms with Gasteiger partial charge in [-0.05, 0) is 35.4 Å². The molecular weight excluding hydrogens is 316 g/mol. The zero-order valence-corrected chi connectivity index (χ0v) is 13.5. The number of urea groups is 1. The predicted octanol–water partition coefficient (Wildman–Crippen LogP) is 2.88. The summed E-state index contributed by atoms with van der Waals surface area (Å²) in [7, 11) is 1.56. The van der Waals surface area contributed by atoms with Crippen LogP contribution < -0.4 is 15.4 Å². The maximum absolute atomic E-state index is 11.8. The topological polar surface area (TPSA) is 70.6 Å². The van der Waals surface area contributed by atoms with E-state index in [4.69, 9.17) is 16.3 Å². The number of ether oxygens (including phenoxy) is 1. The molecule has 0 spiro atoms. The zero-order valence-electron chi connectivity index (χ0n) is 12.8. The number of rotatable bonds is 6. The highest BCUT2D eigenvalue weighted by molar-refractivity contribution is 6.30. The fraction of sp³-hybridized carbons (Fsp3) is 0.235. The first-order valence-corrected chi connectivity index (χ1v) is 7.54. The molecule has 122 valence electrons. The summed E-state index contributed by atoms with van der Waals surface area (Å²) in [5.41, 5.74) is 1.63. The van der Waals surface area contributed by atoms with Crippen molar-refractivity contribution in [1.82, 2.24) is 10.6 Å². The van der Waals surface area contributed by atoms with Gasteiger partial charge >= 0.3 is 6.03 Å². The molecule has 2 rings (SSSR count). The molecular formula is C17H19ClN2O3. The second-order valence-corrected chi connectivity index (χ2v) is 5.42. The maximum Gasteiger partial charge on any atom is 0.315 e. The Labute approximate surface area is 140 Å². The van der Waals surface area contributed by atoms with Crippen LogP contribution in [0.3, 0.4) is 0 Å². The van der Waals surface area contributed by atoms with E-state index >= 15 is 0 Å². The molecule has 23 heavy (non-hydrogen) atoms. The lowest BCUT2D eigenvalue weighted by atomic mass is 10.1. The smallest absolute Gasteiger partial charge is 0.315 e. The number of benzene rings is 2. The second-order valence-electron chi connectivity index (χ2n) is 4.98. The average molecular weight is 335 g/mol. The maximum atomic E-state index is 11.8. The molecule has 3 N–H and O–H groups in total. The number of amides is 2. The van der Waals surface area contributed by atoms with Crippen LogP contribution in [0.1, 0.15) is 17.2 Å². The van der Waals surface area contributed by atoms with Crippen LogP contribution >= 0.6 is 11.6 Å². The summed E-state index contributed by atoms with van der Waals surface area (Å²) in [4.78, 5) is 11.8. The quantitative estimate of drug-likeness (QED) is 0.760. The van der Waals surface area contributed by atoms with Crippen LogP contribution in [-0.2, 0) is 6.54 Å². The van der Waals surface area contributed by atoms with Crippen molar-refractivity contribution in [2.45, 2.75) is 12.6 Å². The number of halogens is 1. The number of methoxy groups -OCH3 is 1. The summed E-state index contributed by atoms with van der Waals surface area (Å²) in [6.45, 7) is 0.498. The lowest BCUT2D eigenvalue weighted by Gasteiger charge is -2.14. The highest BCUT2D eigenvalue weighted by atomic mass is 35.5.